The molecule has 0 saturated carbocycles. The van der Waals surface area contributed by atoms with E-state index in [1.807, 2.05) is 91.0 Å². The van der Waals surface area contributed by atoms with Crippen LogP contribution in [-0.4, -0.2) is 55.6 Å². The molecule has 2 heterocycles. The summed E-state index contributed by atoms with van der Waals surface area (Å²) in [4.78, 5) is 16.5. The lowest BCUT2D eigenvalue weighted by molar-refractivity contribution is -0.201. The highest BCUT2D eigenvalue weighted by molar-refractivity contribution is 5.93. The normalized spacial score (nSPS) is 19.9. The molecule has 1 saturated heterocycles. The summed E-state index contributed by atoms with van der Waals surface area (Å²) in [5.41, 5.74) is 8.98. The zero-order valence-electron chi connectivity index (χ0n) is 24.1. The van der Waals surface area contributed by atoms with E-state index in [-0.39, 0.29) is 24.1 Å². The van der Waals surface area contributed by atoms with Crippen LogP contribution in [0.4, 0.5) is 5.82 Å². The maximum absolute atomic E-state index is 12.0. The van der Waals surface area contributed by atoms with Gasteiger partial charge in [-0.2, -0.15) is 4.98 Å². The van der Waals surface area contributed by atoms with Crippen molar-refractivity contribution in [3.63, 3.8) is 0 Å². The Morgan fingerprint density at radius 2 is 1.40 bits per heavy atom. The monoisotopic (exact) mass is 583 g/mol. The van der Waals surface area contributed by atoms with Gasteiger partial charge in [-0.1, -0.05) is 91.0 Å². The molecule has 0 radical (unpaired) electrons. The molecule has 3 aromatic carbocycles. The maximum Gasteiger partial charge on any atom is 0.249 e. The number of benzene rings is 3. The molecule has 4 atom stereocenters. The van der Waals surface area contributed by atoms with E-state index in [0.29, 0.717) is 32.2 Å². The quantitative estimate of drug-likeness (QED) is 0.219. The molecule has 5 rings (SSSR count). The summed E-state index contributed by atoms with van der Waals surface area (Å²) in [5, 5.41) is 3.40. The first-order valence-corrected chi connectivity index (χ1v) is 14.3. The minimum Gasteiger partial charge on any atom is -0.481 e. The summed E-state index contributed by atoms with van der Waals surface area (Å²) in [6, 6.07) is 32.7. The molecule has 0 spiro atoms. The third-order valence-corrected chi connectivity index (χ3v) is 7.17. The molecule has 1 aliphatic heterocycles. The van der Waals surface area contributed by atoms with Gasteiger partial charge in [0.2, 0.25) is 11.8 Å². The van der Waals surface area contributed by atoms with Gasteiger partial charge in [0.25, 0.3) is 0 Å². The summed E-state index contributed by atoms with van der Waals surface area (Å²) in [6.07, 6.45) is -1.36. The number of anilines is 1. The average molecular weight is 584 g/mol. The number of hydrogen-bond acceptors (Lipinski definition) is 8. The van der Waals surface area contributed by atoms with Crippen LogP contribution < -0.4 is 15.8 Å². The van der Waals surface area contributed by atoms with E-state index in [4.69, 9.17) is 29.4 Å². The van der Waals surface area contributed by atoms with E-state index in [9.17, 15) is 4.79 Å². The van der Waals surface area contributed by atoms with Crippen LogP contribution in [0.3, 0.4) is 0 Å². The Morgan fingerprint density at radius 3 is 1.95 bits per heavy atom. The lowest BCUT2D eigenvalue weighted by atomic mass is 9.97. The largest absolute Gasteiger partial charge is 0.481 e. The van der Waals surface area contributed by atoms with Gasteiger partial charge in [-0.15, -0.1) is 0 Å². The third-order valence-electron chi connectivity index (χ3n) is 7.17. The van der Waals surface area contributed by atoms with Crippen molar-refractivity contribution >= 4 is 11.7 Å². The topological polar surface area (TPSA) is 114 Å². The van der Waals surface area contributed by atoms with Gasteiger partial charge in [0.15, 0.2) is 0 Å². The smallest absolute Gasteiger partial charge is 0.249 e. The first-order chi connectivity index (χ1) is 21.1. The van der Waals surface area contributed by atoms with Gasteiger partial charge in [0, 0.05) is 11.6 Å². The number of amides is 1. The molecular weight excluding hydrogens is 546 g/mol. The number of nitrogens with one attached hydrogen (secondary N) is 1. The zero-order chi connectivity index (χ0) is 29.9. The first kappa shape index (κ1) is 30.2. The van der Waals surface area contributed by atoms with Crippen LogP contribution in [0.5, 0.6) is 5.88 Å². The molecule has 9 heteroatoms. The number of hydrogen-bond donors (Lipinski definition) is 2. The molecule has 4 aromatic rings. The van der Waals surface area contributed by atoms with Crippen molar-refractivity contribution in [2.24, 2.45) is 5.73 Å². The van der Waals surface area contributed by atoms with Crippen LogP contribution in [0.25, 0.3) is 0 Å². The Kier molecular flexibility index (Phi) is 10.7. The van der Waals surface area contributed by atoms with Crippen molar-refractivity contribution in [3.8, 4) is 5.88 Å². The summed E-state index contributed by atoms with van der Waals surface area (Å²) >= 11 is 0. The van der Waals surface area contributed by atoms with E-state index in [2.05, 4.69) is 10.3 Å². The number of ether oxygens (including phenoxy) is 5. The Labute approximate surface area is 251 Å². The van der Waals surface area contributed by atoms with E-state index in [1.54, 1.807) is 6.07 Å². The predicted molar refractivity (Wildman–Crippen MR) is 163 cm³/mol. The molecule has 1 fully saturated rings. The van der Waals surface area contributed by atoms with Crippen molar-refractivity contribution in [2.75, 3.05) is 25.6 Å². The number of nitrogens with two attached hydrogens (primary N) is 1. The lowest BCUT2D eigenvalue weighted by Gasteiger charge is -2.42. The predicted octanol–water partition coefficient (Wildman–Crippen LogP) is 4.76. The van der Waals surface area contributed by atoms with Crippen LogP contribution in [-0.2, 0) is 38.8 Å². The van der Waals surface area contributed by atoms with Crippen molar-refractivity contribution in [1.29, 1.82) is 0 Å². The van der Waals surface area contributed by atoms with Gasteiger partial charge in [-0.25, -0.2) is 0 Å². The molecule has 0 aliphatic carbocycles. The van der Waals surface area contributed by atoms with Crippen LogP contribution in [0.15, 0.2) is 103 Å². The molecule has 224 valence electrons. The number of carbonyl (C=O) groups is 1. The maximum atomic E-state index is 12.0. The fourth-order valence-electron chi connectivity index (χ4n) is 4.95. The highest BCUT2D eigenvalue weighted by Crippen LogP contribution is 2.27. The molecule has 1 aliphatic rings. The fraction of sp³-hybridized carbons (Fsp3) is 0.294. The molecule has 0 bridgehead atoms. The standard InChI is InChI=1S/C34H37N3O6/c1-39-31-18-27(34(35)38)17-30(37-31)36-28-22-41-29(23-40-19-24-11-5-2-6-12-24)33(43-21-26-15-9-4-10-16-26)32(28)42-20-25-13-7-3-8-14-25/h2-18,28-29,32-33H,19-23H2,1H3,(H2,35,38)(H,36,37)/t28-,29+,32+,33-/m0/s1. The molecule has 3 N–H and O–H groups in total. The van der Waals surface area contributed by atoms with Gasteiger partial charge in [0.05, 0.1) is 46.2 Å². The summed E-state index contributed by atoms with van der Waals surface area (Å²) in [7, 11) is 1.49. The van der Waals surface area contributed by atoms with E-state index in [0.717, 1.165) is 16.7 Å². The number of carbonyl (C=O) groups excluding carboxylic acids is 1. The molecule has 1 amide bonds. The Morgan fingerprint density at radius 1 is 0.837 bits per heavy atom. The molecular formula is C34H37N3O6. The Hall–Kier alpha value is -4.28. The summed E-state index contributed by atoms with van der Waals surface area (Å²) in [6.45, 7) is 1.78. The average Bonchev–Trinajstić information content (AvgIpc) is 3.05. The van der Waals surface area contributed by atoms with Crippen molar-refractivity contribution in [2.45, 2.75) is 44.2 Å². The molecule has 9 nitrogen and oxygen atoms in total. The molecule has 43 heavy (non-hydrogen) atoms. The van der Waals surface area contributed by atoms with Crippen LogP contribution >= 0.6 is 0 Å². The second-order valence-corrected chi connectivity index (χ2v) is 10.3. The van der Waals surface area contributed by atoms with Crippen molar-refractivity contribution in [1.82, 2.24) is 4.98 Å². The van der Waals surface area contributed by atoms with Gasteiger partial charge in [-0.3, -0.25) is 4.79 Å². The number of nitrogens with zero attached hydrogens (tertiary/aromatic N) is 1. The minimum atomic E-state index is -0.583. The summed E-state index contributed by atoms with van der Waals surface area (Å²) in [5.74, 6) is 0.0946. The lowest BCUT2D eigenvalue weighted by Crippen LogP contribution is -2.59. The number of methoxy groups -OCH3 is 1. The SMILES string of the molecule is COc1cc(C(N)=O)cc(N[C@H]2CO[C@H](COCc3ccccc3)[C@H](OCc3ccccc3)[C@@H]2OCc2ccccc2)n1. The fourth-order valence-corrected chi connectivity index (χ4v) is 4.95. The van der Waals surface area contributed by atoms with Crippen molar-refractivity contribution in [3.05, 3.63) is 125 Å². The number of pyridine rings is 1. The van der Waals surface area contributed by atoms with Crippen LogP contribution in [0, 0.1) is 0 Å². The van der Waals surface area contributed by atoms with E-state index in [1.165, 1.54) is 13.2 Å². The number of rotatable bonds is 14. The Bertz CT molecular complexity index is 1420. The van der Waals surface area contributed by atoms with Gasteiger partial charge < -0.3 is 34.7 Å². The number of aromatic nitrogens is 1. The Balaban J connectivity index is 1.40. The highest BCUT2D eigenvalue weighted by Gasteiger charge is 2.43. The number of primary amides is 1. The highest BCUT2D eigenvalue weighted by atomic mass is 16.6. The second kappa shape index (κ2) is 15.3. The zero-order valence-corrected chi connectivity index (χ0v) is 24.1. The van der Waals surface area contributed by atoms with Gasteiger partial charge in [-0.05, 0) is 22.8 Å². The second-order valence-electron chi connectivity index (χ2n) is 10.3. The first-order valence-electron chi connectivity index (χ1n) is 14.3. The van der Waals surface area contributed by atoms with Crippen LogP contribution in [0.1, 0.15) is 27.0 Å². The molecule has 0 unspecified atom stereocenters. The van der Waals surface area contributed by atoms with E-state index < -0.39 is 24.2 Å². The molecule has 1 aromatic heterocycles. The third kappa shape index (κ3) is 8.62. The van der Waals surface area contributed by atoms with Gasteiger partial charge >= 0.3 is 0 Å². The van der Waals surface area contributed by atoms with Crippen molar-refractivity contribution < 1.29 is 28.5 Å². The van der Waals surface area contributed by atoms with E-state index >= 15 is 0 Å². The van der Waals surface area contributed by atoms with Gasteiger partial charge in [0.1, 0.15) is 24.1 Å². The minimum absolute atomic E-state index is 0.265. The van der Waals surface area contributed by atoms with Crippen LogP contribution in [0.2, 0.25) is 0 Å². The summed E-state index contributed by atoms with van der Waals surface area (Å²) < 4.78 is 31.0.